The minimum Gasteiger partial charge on any atom is -0.308 e. The Balaban J connectivity index is 1.82. The highest BCUT2D eigenvalue weighted by Gasteiger charge is 2.27. The molecule has 4 nitrogen and oxygen atoms in total. The Morgan fingerprint density at radius 1 is 1.18 bits per heavy atom. The predicted octanol–water partition coefficient (Wildman–Crippen LogP) is 2.97. The van der Waals surface area contributed by atoms with Gasteiger partial charge in [-0.25, -0.2) is 4.39 Å². The number of nitrogens with zero attached hydrogens (tertiary/aromatic N) is 3. The molecule has 1 aliphatic heterocycles. The number of carbonyl (C=O) groups is 1. The second kappa shape index (κ2) is 4.87. The van der Waals surface area contributed by atoms with Crippen LogP contribution < -0.4 is 4.90 Å². The number of benzene rings is 1. The molecular weight excluding hydrogens is 281 g/mol. The summed E-state index contributed by atoms with van der Waals surface area (Å²) in [5.74, 6) is -0.482. The summed E-state index contributed by atoms with van der Waals surface area (Å²) >= 11 is 0. The Kier molecular flexibility index (Phi) is 2.85. The van der Waals surface area contributed by atoms with E-state index in [0.717, 1.165) is 17.5 Å². The normalized spacial score (nSPS) is 13.4. The Labute approximate surface area is 126 Å². The maximum Gasteiger partial charge on any atom is 0.259 e. The summed E-state index contributed by atoms with van der Waals surface area (Å²) in [6, 6.07) is 8.04. The molecule has 0 N–H and O–H groups in total. The summed E-state index contributed by atoms with van der Waals surface area (Å²) in [4.78, 5) is 22.8. The van der Waals surface area contributed by atoms with E-state index in [4.69, 9.17) is 0 Å². The molecule has 0 aliphatic carbocycles. The first-order chi connectivity index (χ1) is 10.7. The van der Waals surface area contributed by atoms with Gasteiger partial charge < -0.3 is 4.90 Å². The first kappa shape index (κ1) is 12.9. The van der Waals surface area contributed by atoms with E-state index in [1.54, 1.807) is 41.7 Å². The molecule has 1 aliphatic rings. The molecule has 0 radical (unpaired) electrons. The van der Waals surface area contributed by atoms with Crippen LogP contribution in [0.1, 0.15) is 15.9 Å². The van der Waals surface area contributed by atoms with Crippen molar-refractivity contribution in [3.8, 4) is 0 Å². The Morgan fingerprint density at radius 3 is 3.00 bits per heavy atom. The summed E-state index contributed by atoms with van der Waals surface area (Å²) in [5.41, 5.74) is 2.90. The van der Waals surface area contributed by atoms with Crippen molar-refractivity contribution in [3.63, 3.8) is 0 Å². The van der Waals surface area contributed by atoms with Crippen LogP contribution in [0.2, 0.25) is 0 Å². The highest BCUT2D eigenvalue weighted by molar-refractivity contribution is 6.14. The summed E-state index contributed by atoms with van der Waals surface area (Å²) in [6.07, 6.45) is 5.63. The monoisotopic (exact) mass is 293 g/mol. The van der Waals surface area contributed by atoms with E-state index >= 15 is 0 Å². The highest BCUT2D eigenvalue weighted by Crippen LogP contribution is 2.31. The molecule has 0 saturated carbocycles. The topological polar surface area (TPSA) is 46.1 Å². The van der Waals surface area contributed by atoms with Crippen LogP contribution in [0.25, 0.3) is 10.9 Å². The summed E-state index contributed by atoms with van der Waals surface area (Å²) < 4.78 is 13.5. The van der Waals surface area contributed by atoms with Crippen molar-refractivity contribution >= 4 is 22.5 Å². The lowest BCUT2D eigenvalue weighted by Crippen LogP contribution is -2.29. The van der Waals surface area contributed by atoms with Crippen LogP contribution in [-0.4, -0.2) is 22.4 Å². The fraction of sp³-hybridized carbons (Fsp3) is 0.118. The number of fused-ring (bicyclic) bond motifs is 2. The third-order valence-corrected chi connectivity index (χ3v) is 3.96. The smallest absolute Gasteiger partial charge is 0.259 e. The van der Waals surface area contributed by atoms with Crippen LogP contribution in [0.5, 0.6) is 0 Å². The molecule has 3 aromatic rings. The number of pyridine rings is 2. The molecule has 4 rings (SSSR count). The van der Waals surface area contributed by atoms with E-state index in [1.807, 2.05) is 0 Å². The summed E-state index contributed by atoms with van der Waals surface area (Å²) in [5, 5.41) is 0.708. The first-order valence-electron chi connectivity index (χ1n) is 7.03. The maximum atomic E-state index is 13.5. The Hall–Kier alpha value is -2.82. The Morgan fingerprint density at radius 2 is 2.09 bits per heavy atom. The molecule has 2 aromatic heterocycles. The van der Waals surface area contributed by atoms with Gasteiger partial charge in [0.05, 0.1) is 16.8 Å². The second-order valence-corrected chi connectivity index (χ2v) is 5.23. The number of aromatic nitrogens is 2. The number of hydrogen-bond donors (Lipinski definition) is 0. The van der Waals surface area contributed by atoms with Gasteiger partial charge in [-0.05, 0) is 36.2 Å². The van der Waals surface area contributed by atoms with Gasteiger partial charge in [0.1, 0.15) is 5.82 Å². The van der Waals surface area contributed by atoms with Gasteiger partial charge in [0.15, 0.2) is 0 Å². The third-order valence-electron chi connectivity index (χ3n) is 3.96. The lowest BCUT2D eigenvalue weighted by molar-refractivity contribution is 0.0991. The number of hydrogen-bond acceptors (Lipinski definition) is 3. The zero-order valence-corrected chi connectivity index (χ0v) is 11.7. The number of carbonyl (C=O) groups excluding carboxylic acids is 1. The third kappa shape index (κ3) is 1.94. The van der Waals surface area contributed by atoms with Crippen molar-refractivity contribution in [2.75, 3.05) is 11.4 Å². The van der Waals surface area contributed by atoms with E-state index in [0.29, 0.717) is 23.2 Å². The molecule has 1 amide bonds. The van der Waals surface area contributed by atoms with Crippen LogP contribution in [0.15, 0.2) is 48.9 Å². The summed E-state index contributed by atoms with van der Waals surface area (Å²) in [6.45, 7) is 0.557. The molecule has 0 fully saturated rings. The van der Waals surface area contributed by atoms with Crippen molar-refractivity contribution in [3.05, 3.63) is 65.9 Å². The molecule has 3 heterocycles. The molecule has 0 spiro atoms. The predicted molar refractivity (Wildman–Crippen MR) is 81.3 cm³/mol. The zero-order chi connectivity index (χ0) is 15.1. The van der Waals surface area contributed by atoms with Crippen LogP contribution >= 0.6 is 0 Å². The maximum absolute atomic E-state index is 13.5. The second-order valence-electron chi connectivity index (χ2n) is 5.23. The van der Waals surface area contributed by atoms with Gasteiger partial charge >= 0.3 is 0 Å². The van der Waals surface area contributed by atoms with E-state index in [2.05, 4.69) is 9.97 Å². The van der Waals surface area contributed by atoms with E-state index in [1.165, 1.54) is 12.1 Å². The van der Waals surface area contributed by atoms with Crippen LogP contribution in [0.3, 0.4) is 0 Å². The van der Waals surface area contributed by atoms with Gasteiger partial charge in [-0.3, -0.25) is 14.8 Å². The number of anilines is 1. The van der Waals surface area contributed by atoms with Gasteiger partial charge in [-0.1, -0.05) is 6.07 Å². The van der Waals surface area contributed by atoms with Crippen molar-refractivity contribution in [2.24, 2.45) is 0 Å². The number of halogens is 1. The fourth-order valence-corrected chi connectivity index (χ4v) is 2.88. The van der Waals surface area contributed by atoms with Crippen molar-refractivity contribution in [2.45, 2.75) is 6.42 Å². The standard InChI is InChI=1S/C17H12FN3O/c18-12-2-1-11-5-8-21(16(11)9-12)17(22)13-3-7-20-15-4-6-19-10-14(13)15/h1-4,6-7,9-10H,5,8H2. The number of amides is 1. The molecule has 0 saturated heterocycles. The molecule has 108 valence electrons. The minimum atomic E-state index is -0.334. The lowest BCUT2D eigenvalue weighted by atomic mass is 10.1. The van der Waals surface area contributed by atoms with Crippen LogP contribution in [0, 0.1) is 5.82 Å². The lowest BCUT2D eigenvalue weighted by Gasteiger charge is -2.18. The van der Waals surface area contributed by atoms with Gasteiger partial charge in [-0.2, -0.15) is 0 Å². The van der Waals surface area contributed by atoms with Crippen LogP contribution in [0.4, 0.5) is 10.1 Å². The van der Waals surface area contributed by atoms with Gasteiger partial charge in [0.25, 0.3) is 5.91 Å². The fourth-order valence-electron chi connectivity index (χ4n) is 2.88. The van der Waals surface area contributed by atoms with E-state index in [9.17, 15) is 9.18 Å². The largest absolute Gasteiger partial charge is 0.308 e. The first-order valence-corrected chi connectivity index (χ1v) is 7.03. The zero-order valence-electron chi connectivity index (χ0n) is 11.7. The van der Waals surface area contributed by atoms with Crippen molar-refractivity contribution in [1.29, 1.82) is 0 Å². The summed E-state index contributed by atoms with van der Waals surface area (Å²) in [7, 11) is 0. The SMILES string of the molecule is O=C(c1ccnc2ccncc12)N1CCc2ccc(F)cc21. The molecule has 1 aromatic carbocycles. The van der Waals surface area contributed by atoms with Crippen molar-refractivity contribution in [1.82, 2.24) is 9.97 Å². The Bertz CT molecular complexity index is 889. The molecule has 0 atom stereocenters. The number of rotatable bonds is 1. The van der Waals surface area contributed by atoms with E-state index < -0.39 is 0 Å². The van der Waals surface area contributed by atoms with Gasteiger partial charge in [0, 0.05) is 30.5 Å². The quantitative estimate of drug-likeness (QED) is 0.693. The van der Waals surface area contributed by atoms with E-state index in [-0.39, 0.29) is 11.7 Å². The molecule has 22 heavy (non-hydrogen) atoms. The van der Waals surface area contributed by atoms with Gasteiger partial charge in [0.2, 0.25) is 0 Å². The van der Waals surface area contributed by atoms with Crippen LogP contribution in [-0.2, 0) is 6.42 Å². The average Bonchev–Trinajstić information content (AvgIpc) is 2.96. The molecular formula is C17H12FN3O. The highest BCUT2D eigenvalue weighted by atomic mass is 19.1. The average molecular weight is 293 g/mol. The molecule has 0 unspecified atom stereocenters. The molecule has 5 heteroatoms. The van der Waals surface area contributed by atoms with Crippen molar-refractivity contribution < 1.29 is 9.18 Å². The van der Waals surface area contributed by atoms with Gasteiger partial charge in [-0.15, -0.1) is 0 Å². The molecule has 0 bridgehead atoms. The minimum absolute atomic E-state index is 0.148.